The van der Waals surface area contributed by atoms with Crippen LogP contribution in [0.5, 0.6) is 5.75 Å². The minimum Gasteiger partial charge on any atom is -0.487 e. The molecule has 0 saturated carbocycles. The van der Waals surface area contributed by atoms with Gasteiger partial charge in [-0.25, -0.2) is 0 Å². The Morgan fingerprint density at radius 1 is 1.50 bits per heavy atom. The second kappa shape index (κ2) is 5.05. The topological polar surface area (TPSA) is 51.4 Å². The molecule has 4 nitrogen and oxygen atoms in total. The van der Waals surface area contributed by atoms with Gasteiger partial charge in [0.2, 0.25) is 0 Å². The molecule has 0 unspecified atom stereocenters. The van der Waals surface area contributed by atoms with Crippen molar-refractivity contribution in [1.82, 2.24) is 4.37 Å². The van der Waals surface area contributed by atoms with Gasteiger partial charge in [0, 0.05) is 13.6 Å². The molecule has 5 heteroatoms. The molecule has 1 rings (SSSR count). The van der Waals surface area contributed by atoms with E-state index in [1.165, 1.54) is 11.5 Å². The summed E-state index contributed by atoms with van der Waals surface area (Å²) in [5, 5.41) is 1.02. The molecule has 0 radical (unpaired) electrons. The zero-order valence-electron chi connectivity index (χ0n) is 8.91. The Morgan fingerprint density at radius 2 is 2.21 bits per heavy atom. The van der Waals surface area contributed by atoms with Crippen molar-refractivity contribution in [3.05, 3.63) is 0 Å². The molecule has 0 spiro atoms. The molecule has 0 aliphatic carbocycles. The van der Waals surface area contributed by atoms with Crippen LogP contribution >= 0.6 is 11.5 Å². The van der Waals surface area contributed by atoms with E-state index in [-0.39, 0.29) is 0 Å². The highest BCUT2D eigenvalue weighted by atomic mass is 32.1. The summed E-state index contributed by atoms with van der Waals surface area (Å²) in [6, 6.07) is 0. The van der Waals surface area contributed by atoms with Gasteiger partial charge in [-0.1, -0.05) is 6.92 Å². The van der Waals surface area contributed by atoms with Gasteiger partial charge in [0.1, 0.15) is 0 Å². The van der Waals surface area contributed by atoms with Crippen LogP contribution in [0, 0.1) is 0 Å². The summed E-state index contributed by atoms with van der Waals surface area (Å²) in [6.07, 6.45) is 1.10. The summed E-state index contributed by atoms with van der Waals surface area (Å²) in [5.41, 5.74) is 5.71. The summed E-state index contributed by atoms with van der Waals surface area (Å²) < 4.78 is 9.55. The number of ether oxygens (including phenoxy) is 1. The van der Waals surface area contributed by atoms with E-state index in [1.54, 1.807) is 0 Å². The predicted octanol–water partition coefficient (Wildman–Crippen LogP) is 1.97. The molecule has 80 valence electrons. The van der Waals surface area contributed by atoms with Gasteiger partial charge in [-0.2, -0.15) is 4.37 Å². The molecular formula is C9H17N3OS. The van der Waals surface area contributed by atoms with Gasteiger partial charge in [-0.05, 0) is 24.9 Å². The minimum atomic E-state index is 0.495. The summed E-state index contributed by atoms with van der Waals surface area (Å²) in [7, 11) is 2.03. The maximum absolute atomic E-state index is 5.71. The molecule has 1 aromatic rings. The zero-order valence-corrected chi connectivity index (χ0v) is 9.73. The Bertz CT molecular complexity index is 288. The number of aromatic nitrogens is 1. The van der Waals surface area contributed by atoms with Crippen LogP contribution in [-0.2, 0) is 0 Å². The number of hydrogen-bond donors (Lipinski definition) is 1. The van der Waals surface area contributed by atoms with Crippen molar-refractivity contribution in [2.24, 2.45) is 0 Å². The molecule has 1 aromatic heterocycles. The molecule has 0 fully saturated rings. The zero-order chi connectivity index (χ0) is 10.6. The summed E-state index contributed by atoms with van der Waals surface area (Å²) in [6.45, 7) is 5.69. The maximum Gasteiger partial charge on any atom is 0.197 e. The van der Waals surface area contributed by atoms with Gasteiger partial charge in [0.15, 0.2) is 16.6 Å². The molecule has 0 aliphatic heterocycles. The van der Waals surface area contributed by atoms with E-state index in [1.807, 2.05) is 14.0 Å². The van der Waals surface area contributed by atoms with Crippen LogP contribution in [0.2, 0.25) is 0 Å². The first-order valence-corrected chi connectivity index (χ1v) is 5.57. The van der Waals surface area contributed by atoms with Crippen LogP contribution in [0.25, 0.3) is 0 Å². The van der Waals surface area contributed by atoms with Crippen LogP contribution in [0.15, 0.2) is 0 Å². The Balaban J connectivity index is 2.84. The van der Waals surface area contributed by atoms with Crippen LogP contribution in [-0.4, -0.2) is 24.6 Å². The first-order chi connectivity index (χ1) is 6.70. The highest BCUT2D eigenvalue weighted by Crippen LogP contribution is 2.37. The predicted molar refractivity (Wildman–Crippen MR) is 61.3 cm³/mol. The molecule has 0 atom stereocenters. The molecule has 0 aromatic carbocycles. The highest BCUT2D eigenvalue weighted by molar-refractivity contribution is 7.11. The van der Waals surface area contributed by atoms with E-state index in [2.05, 4.69) is 16.2 Å². The number of anilines is 2. The van der Waals surface area contributed by atoms with Gasteiger partial charge in [0.05, 0.1) is 6.61 Å². The molecule has 14 heavy (non-hydrogen) atoms. The lowest BCUT2D eigenvalue weighted by Crippen LogP contribution is -2.17. The van der Waals surface area contributed by atoms with Gasteiger partial charge < -0.3 is 15.4 Å². The fraction of sp³-hybridized carbons (Fsp3) is 0.667. The fourth-order valence-electron chi connectivity index (χ4n) is 1.24. The third-order valence-corrected chi connectivity index (χ3v) is 2.81. The van der Waals surface area contributed by atoms with E-state index in [4.69, 9.17) is 10.5 Å². The molecule has 0 saturated heterocycles. The number of hydrogen-bond acceptors (Lipinski definition) is 5. The van der Waals surface area contributed by atoms with Gasteiger partial charge in [0.25, 0.3) is 0 Å². The van der Waals surface area contributed by atoms with E-state index >= 15 is 0 Å². The van der Waals surface area contributed by atoms with Crippen LogP contribution in [0.1, 0.15) is 20.3 Å². The molecular weight excluding hydrogens is 198 g/mol. The summed E-state index contributed by atoms with van der Waals surface area (Å²) in [5.74, 6) is 1.23. The first-order valence-electron chi connectivity index (χ1n) is 4.79. The largest absolute Gasteiger partial charge is 0.487 e. The summed E-state index contributed by atoms with van der Waals surface area (Å²) >= 11 is 1.39. The quantitative estimate of drug-likeness (QED) is 0.816. The number of rotatable bonds is 5. The molecule has 1 heterocycles. The Kier molecular flexibility index (Phi) is 4.00. The second-order valence-corrected chi connectivity index (χ2v) is 3.81. The van der Waals surface area contributed by atoms with Crippen molar-refractivity contribution in [2.45, 2.75) is 20.3 Å². The minimum absolute atomic E-state index is 0.495. The first kappa shape index (κ1) is 11.1. The monoisotopic (exact) mass is 215 g/mol. The average Bonchev–Trinajstić information content (AvgIpc) is 2.50. The smallest absolute Gasteiger partial charge is 0.197 e. The molecule has 0 aliphatic rings. The van der Waals surface area contributed by atoms with Crippen LogP contribution in [0.3, 0.4) is 0 Å². The Hall–Kier alpha value is -0.970. The lowest BCUT2D eigenvalue weighted by atomic mass is 10.4. The van der Waals surface area contributed by atoms with Crippen LogP contribution in [0.4, 0.5) is 10.8 Å². The third-order valence-electron chi connectivity index (χ3n) is 1.85. The standard InChI is InChI=1S/C9H17N3OS/c1-4-6-12(3)9-7(13-5-2)8(10)11-14-9/h4-6H2,1-3H3,(H2,10,11). The lowest BCUT2D eigenvalue weighted by molar-refractivity contribution is 0.343. The summed E-state index contributed by atoms with van der Waals surface area (Å²) in [4.78, 5) is 2.12. The lowest BCUT2D eigenvalue weighted by Gasteiger charge is -2.17. The molecule has 0 amide bonds. The van der Waals surface area contributed by atoms with Crippen molar-refractivity contribution < 1.29 is 4.74 Å². The number of nitrogens with two attached hydrogens (primary N) is 1. The van der Waals surface area contributed by atoms with Crippen molar-refractivity contribution in [3.8, 4) is 5.75 Å². The normalized spacial score (nSPS) is 10.2. The molecule has 0 bridgehead atoms. The highest BCUT2D eigenvalue weighted by Gasteiger charge is 2.15. The van der Waals surface area contributed by atoms with Gasteiger partial charge in [-0.15, -0.1) is 0 Å². The number of nitrogen functional groups attached to an aromatic ring is 1. The van der Waals surface area contributed by atoms with E-state index < -0.39 is 0 Å². The average molecular weight is 215 g/mol. The van der Waals surface area contributed by atoms with Crippen LogP contribution < -0.4 is 15.4 Å². The molecule has 2 N–H and O–H groups in total. The number of nitrogens with zero attached hydrogens (tertiary/aromatic N) is 2. The van der Waals surface area contributed by atoms with Crippen molar-refractivity contribution in [1.29, 1.82) is 0 Å². The third kappa shape index (κ3) is 2.29. The second-order valence-electron chi connectivity index (χ2n) is 3.06. The maximum atomic E-state index is 5.71. The van der Waals surface area contributed by atoms with Crippen molar-refractivity contribution in [2.75, 3.05) is 30.8 Å². The van der Waals surface area contributed by atoms with E-state index in [0.29, 0.717) is 12.4 Å². The Labute approximate surface area is 88.8 Å². The van der Waals surface area contributed by atoms with E-state index in [9.17, 15) is 0 Å². The van der Waals surface area contributed by atoms with Crippen molar-refractivity contribution >= 4 is 22.4 Å². The van der Waals surface area contributed by atoms with Gasteiger partial charge >= 0.3 is 0 Å². The Morgan fingerprint density at radius 3 is 2.79 bits per heavy atom. The van der Waals surface area contributed by atoms with Gasteiger partial charge in [-0.3, -0.25) is 0 Å². The SMILES string of the molecule is CCCN(C)c1snc(N)c1OCC. The van der Waals surface area contributed by atoms with Crippen molar-refractivity contribution in [3.63, 3.8) is 0 Å². The van der Waals surface area contributed by atoms with E-state index in [0.717, 1.165) is 23.7 Å². The fourth-order valence-corrected chi connectivity index (χ4v) is 1.99.